The zero-order valence-electron chi connectivity index (χ0n) is 10.1. The summed E-state index contributed by atoms with van der Waals surface area (Å²) in [5.41, 5.74) is 4.76. The van der Waals surface area contributed by atoms with Crippen molar-refractivity contribution in [2.45, 2.75) is 0 Å². The Balaban J connectivity index is 2.40. The third-order valence-corrected chi connectivity index (χ3v) is 2.58. The second-order valence-electron chi connectivity index (χ2n) is 3.91. The normalized spacial score (nSPS) is 10.6. The Morgan fingerprint density at radius 1 is 1.40 bits per heavy atom. The van der Waals surface area contributed by atoms with Crippen molar-refractivity contribution < 1.29 is 23.1 Å². The van der Waals surface area contributed by atoms with E-state index in [1.165, 1.54) is 17.9 Å². The van der Waals surface area contributed by atoms with E-state index in [0.717, 1.165) is 0 Å². The number of hydrogen-bond donors (Lipinski definition) is 3. The lowest BCUT2D eigenvalue weighted by molar-refractivity contribution is 0.102. The van der Waals surface area contributed by atoms with Crippen LogP contribution >= 0.6 is 0 Å². The molecule has 0 fully saturated rings. The molecule has 0 unspecified atom stereocenters. The third-order valence-electron chi connectivity index (χ3n) is 2.58. The van der Waals surface area contributed by atoms with E-state index in [-0.39, 0.29) is 11.5 Å². The van der Waals surface area contributed by atoms with Crippen molar-refractivity contribution in [3.63, 3.8) is 0 Å². The lowest BCUT2D eigenvalue weighted by Gasteiger charge is -2.09. The average molecular weight is 286 g/mol. The molecule has 0 spiro atoms. The van der Waals surface area contributed by atoms with E-state index >= 15 is 0 Å². The van der Waals surface area contributed by atoms with E-state index in [1.807, 2.05) is 0 Å². The maximum absolute atomic E-state index is 13.6. The molecule has 0 atom stereocenters. The summed E-state index contributed by atoms with van der Waals surface area (Å²) in [4.78, 5) is 11.8. The van der Waals surface area contributed by atoms with Gasteiger partial charge in [0.25, 0.3) is 5.91 Å². The van der Waals surface area contributed by atoms with Gasteiger partial charge < -0.3 is 16.2 Å². The summed E-state index contributed by atoms with van der Waals surface area (Å²) in [6.45, 7) is 0. The second-order valence-corrected chi connectivity index (χ2v) is 3.91. The minimum Gasteiger partial charge on any atom is -0.503 e. The molecule has 0 bridgehead atoms. The zero-order valence-corrected chi connectivity index (χ0v) is 10.1. The molecule has 0 aliphatic carbocycles. The Morgan fingerprint density at radius 3 is 2.60 bits per heavy atom. The van der Waals surface area contributed by atoms with E-state index < -0.39 is 34.7 Å². The molecule has 2 aromatic rings. The van der Waals surface area contributed by atoms with Crippen LogP contribution in [0.1, 0.15) is 10.4 Å². The number of carbonyl (C=O) groups excluding carboxylic acids is 1. The molecule has 1 aromatic carbocycles. The summed E-state index contributed by atoms with van der Waals surface area (Å²) in [7, 11) is 1.46. The number of phenolic OH excluding ortho intramolecular Hbond substituents is 1. The first-order valence-corrected chi connectivity index (χ1v) is 5.28. The predicted molar refractivity (Wildman–Crippen MR) is 63.6 cm³/mol. The van der Waals surface area contributed by atoms with Crippen molar-refractivity contribution in [1.29, 1.82) is 0 Å². The van der Waals surface area contributed by atoms with Gasteiger partial charge in [0.1, 0.15) is 0 Å². The lowest BCUT2D eigenvalue weighted by atomic mass is 10.1. The Morgan fingerprint density at radius 2 is 2.05 bits per heavy atom. The largest absolute Gasteiger partial charge is 0.503 e. The van der Waals surface area contributed by atoms with E-state index in [4.69, 9.17) is 10.8 Å². The van der Waals surface area contributed by atoms with Crippen LogP contribution < -0.4 is 11.1 Å². The number of nitrogens with one attached hydrogen (secondary N) is 1. The number of rotatable bonds is 2. The fraction of sp³-hybridized carbons (Fsp3) is 0.0909. The fourth-order valence-corrected chi connectivity index (χ4v) is 1.54. The summed E-state index contributed by atoms with van der Waals surface area (Å²) in [5.74, 6) is -7.49. The molecule has 1 heterocycles. The first-order chi connectivity index (χ1) is 9.32. The fourth-order valence-electron chi connectivity index (χ4n) is 1.54. The van der Waals surface area contributed by atoms with E-state index in [0.29, 0.717) is 6.07 Å². The van der Waals surface area contributed by atoms with Gasteiger partial charge in [0.05, 0.1) is 17.4 Å². The van der Waals surface area contributed by atoms with Crippen LogP contribution in [0.4, 0.5) is 24.7 Å². The first kappa shape index (κ1) is 13.7. The minimum atomic E-state index is -1.76. The highest BCUT2D eigenvalue weighted by Crippen LogP contribution is 2.27. The number of benzene rings is 1. The molecule has 1 amide bonds. The molecule has 20 heavy (non-hydrogen) atoms. The van der Waals surface area contributed by atoms with Gasteiger partial charge in [-0.15, -0.1) is 0 Å². The van der Waals surface area contributed by atoms with Crippen LogP contribution in [-0.4, -0.2) is 20.8 Å². The molecule has 0 saturated heterocycles. The number of hydrogen-bond acceptors (Lipinski definition) is 4. The smallest absolute Gasteiger partial charge is 0.260 e. The van der Waals surface area contributed by atoms with Crippen molar-refractivity contribution in [3.05, 3.63) is 35.3 Å². The summed E-state index contributed by atoms with van der Waals surface area (Å²) < 4.78 is 40.8. The molecule has 0 aliphatic heterocycles. The Labute approximate surface area is 110 Å². The van der Waals surface area contributed by atoms with Crippen molar-refractivity contribution in [3.8, 4) is 5.75 Å². The van der Waals surface area contributed by atoms with Crippen LogP contribution in [0.5, 0.6) is 5.75 Å². The molecule has 4 N–H and O–H groups in total. The summed E-state index contributed by atoms with van der Waals surface area (Å²) in [6, 6.07) is 0.340. The SMILES string of the molecule is Cn1ncc(N)c1NC(=O)c1cc(F)c(F)c(O)c1F. The highest BCUT2D eigenvalue weighted by Gasteiger charge is 2.23. The highest BCUT2D eigenvalue weighted by molar-refractivity contribution is 6.05. The maximum Gasteiger partial charge on any atom is 0.260 e. The van der Waals surface area contributed by atoms with Crippen LogP contribution in [0.25, 0.3) is 0 Å². The number of aromatic hydroxyl groups is 1. The Kier molecular flexibility index (Phi) is 3.26. The molecular formula is C11H9F3N4O2. The minimum absolute atomic E-state index is 0.0543. The molecule has 106 valence electrons. The van der Waals surface area contributed by atoms with Gasteiger partial charge in [-0.3, -0.25) is 9.48 Å². The van der Waals surface area contributed by atoms with Gasteiger partial charge in [-0.25, -0.2) is 8.78 Å². The standard InChI is InChI=1S/C11H9F3N4O2/c1-18-10(6(15)3-16-18)17-11(20)4-2-5(12)8(14)9(19)7(4)13/h2-3,19H,15H2,1H3,(H,17,20). The van der Waals surface area contributed by atoms with E-state index in [1.54, 1.807) is 0 Å². The van der Waals surface area contributed by atoms with Crippen LogP contribution in [0.3, 0.4) is 0 Å². The van der Waals surface area contributed by atoms with Gasteiger partial charge in [-0.05, 0) is 6.07 Å². The van der Waals surface area contributed by atoms with Crippen molar-refractivity contribution >= 4 is 17.4 Å². The number of halogens is 3. The monoisotopic (exact) mass is 286 g/mol. The van der Waals surface area contributed by atoms with E-state index in [2.05, 4.69) is 10.4 Å². The van der Waals surface area contributed by atoms with Crippen LogP contribution in [-0.2, 0) is 7.05 Å². The summed E-state index contributed by atoms with van der Waals surface area (Å²) >= 11 is 0. The molecule has 0 aliphatic rings. The summed E-state index contributed by atoms with van der Waals surface area (Å²) in [5, 5.41) is 15.0. The molecule has 0 saturated carbocycles. The van der Waals surface area contributed by atoms with Crippen molar-refractivity contribution in [2.75, 3.05) is 11.1 Å². The second kappa shape index (κ2) is 4.76. The van der Waals surface area contributed by atoms with Gasteiger partial charge in [0.15, 0.2) is 23.2 Å². The van der Waals surface area contributed by atoms with Crippen LogP contribution in [0.2, 0.25) is 0 Å². The number of anilines is 2. The molecule has 9 heteroatoms. The number of carbonyl (C=O) groups is 1. The van der Waals surface area contributed by atoms with Crippen LogP contribution in [0.15, 0.2) is 12.3 Å². The topological polar surface area (TPSA) is 93.2 Å². The zero-order chi connectivity index (χ0) is 15.0. The number of amides is 1. The Hall–Kier alpha value is -2.71. The molecule has 2 rings (SSSR count). The van der Waals surface area contributed by atoms with Gasteiger partial charge in [0.2, 0.25) is 5.82 Å². The van der Waals surface area contributed by atoms with Gasteiger partial charge >= 0.3 is 0 Å². The van der Waals surface area contributed by atoms with Crippen molar-refractivity contribution in [1.82, 2.24) is 9.78 Å². The average Bonchev–Trinajstić information content (AvgIpc) is 2.72. The molecule has 1 aromatic heterocycles. The first-order valence-electron chi connectivity index (χ1n) is 5.28. The number of nitrogens with zero attached hydrogens (tertiary/aromatic N) is 2. The summed E-state index contributed by atoms with van der Waals surface area (Å²) in [6.07, 6.45) is 1.24. The molecule has 0 radical (unpaired) electrons. The van der Waals surface area contributed by atoms with E-state index in [9.17, 15) is 18.0 Å². The number of aryl methyl sites for hydroxylation is 1. The van der Waals surface area contributed by atoms with Gasteiger partial charge in [-0.2, -0.15) is 9.49 Å². The molecule has 6 nitrogen and oxygen atoms in total. The van der Waals surface area contributed by atoms with Gasteiger partial charge in [0, 0.05) is 7.05 Å². The quantitative estimate of drug-likeness (QED) is 0.727. The van der Waals surface area contributed by atoms with Crippen molar-refractivity contribution in [2.24, 2.45) is 7.05 Å². The predicted octanol–water partition coefficient (Wildman–Crippen LogP) is 1.38. The maximum atomic E-state index is 13.6. The van der Waals surface area contributed by atoms with Crippen LogP contribution in [0, 0.1) is 17.5 Å². The Bertz CT molecular complexity index is 680. The lowest BCUT2D eigenvalue weighted by Crippen LogP contribution is -2.17. The number of phenols is 1. The molecular weight excluding hydrogens is 277 g/mol. The van der Waals surface area contributed by atoms with Gasteiger partial charge in [-0.1, -0.05) is 0 Å². The highest BCUT2D eigenvalue weighted by atomic mass is 19.2. The number of nitrogen functional groups attached to an aromatic ring is 1. The number of nitrogens with two attached hydrogens (primary N) is 1. The third kappa shape index (κ3) is 2.13. The number of aromatic nitrogens is 2.